The molecule has 0 saturated heterocycles. The van der Waals surface area contributed by atoms with Gasteiger partial charge < -0.3 is 15.2 Å². The van der Waals surface area contributed by atoms with Gasteiger partial charge in [-0.25, -0.2) is 9.97 Å². The number of aliphatic hydroxyl groups is 1. The number of anilines is 1. The van der Waals surface area contributed by atoms with Gasteiger partial charge in [-0.1, -0.05) is 0 Å². The van der Waals surface area contributed by atoms with Crippen LogP contribution in [0, 0.1) is 6.92 Å². The Kier molecular flexibility index (Phi) is 5.00. The van der Waals surface area contributed by atoms with E-state index >= 15 is 0 Å². The molecule has 1 heterocycles. The number of hydrogen-bond donors (Lipinski definition) is 2. The Hall–Kier alpha value is -1.20. The summed E-state index contributed by atoms with van der Waals surface area (Å²) in [4.78, 5) is 8.49. The van der Waals surface area contributed by atoms with Crippen LogP contribution in [0.4, 0.5) is 5.82 Å². The molecule has 1 aromatic heterocycles. The SMILES string of the molecule is COCc1nc(C)cc(NCCCO)n1. The first kappa shape index (κ1) is 11.9. The average molecular weight is 211 g/mol. The Morgan fingerprint density at radius 1 is 1.47 bits per heavy atom. The zero-order valence-electron chi connectivity index (χ0n) is 9.16. The number of aryl methyl sites for hydroxylation is 1. The van der Waals surface area contributed by atoms with E-state index in [1.807, 2.05) is 13.0 Å². The van der Waals surface area contributed by atoms with E-state index in [4.69, 9.17) is 9.84 Å². The van der Waals surface area contributed by atoms with Gasteiger partial charge >= 0.3 is 0 Å². The van der Waals surface area contributed by atoms with Crippen LogP contribution < -0.4 is 5.32 Å². The summed E-state index contributed by atoms with van der Waals surface area (Å²) in [6.07, 6.45) is 0.711. The van der Waals surface area contributed by atoms with Gasteiger partial charge in [0.15, 0.2) is 5.82 Å². The van der Waals surface area contributed by atoms with Crippen molar-refractivity contribution in [2.45, 2.75) is 20.0 Å². The van der Waals surface area contributed by atoms with Gasteiger partial charge in [0.05, 0.1) is 0 Å². The smallest absolute Gasteiger partial charge is 0.156 e. The van der Waals surface area contributed by atoms with E-state index in [0.717, 1.165) is 11.5 Å². The molecule has 0 radical (unpaired) electrons. The molecule has 0 fully saturated rings. The van der Waals surface area contributed by atoms with Crippen LogP contribution in [0.2, 0.25) is 0 Å². The second kappa shape index (κ2) is 6.31. The molecule has 0 amide bonds. The van der Waals surface area contributed by atoms with Crippen molar-refractivity contribution in [3.05, 3.63) is 17.6 Å². The summed E-state index contributed by atoms with van der Waals surface area (Å²) in [5, 5.41) is 11.8. The maximum Gasteiger partial charge on any atom is 0.156 e. The number of methoxy groups -OCH3 is 1. The Morgan fingerprint density at radius 2 is 2.27 bits per heavy atom. The molecular formula is C10H17N3O2. The van der Waals surface area contributed by atoms with E-state index < -0.39 is 0 Å². The molecule has 0 unspecified atom stereocenters. The first-order chi connectivity index (χ1) is 7.26. The predicted octanol–water partition coefficient (Wildman–Crippen LogP) is 0.726. The van der Waals surface area contributed by atoms with Gasteiger partial charge in [0, 0.05) is 32.0 Å². The lowest BCUT2D eigenvalue weighted by Crippen LogP contribution is -2.08. The Morgan fingerprint density at radius 3 is 2.93 bits per heavy atom. The first-order valence-corrected chi connectivity index (χ1v) is 4.94. The molecule has 1 aromatic rings. The number of hydrogen-bond acceptors (Lipinski definition) is 5. The third kappa shape index (κ3) is 4.22. The van der Waals surface area contributed by atoms with Crippen molar-refractivity contribution in [2.24, 2.45) is 0 Å². The summed E-state index contributed by atoms with van der Waals surface area (Å²) in [6.45, 7) is 3.22. The fraction of sp³-hybridized carbons (Fsp3) is 0.600. The van der Waals surface area contributed by atoms with Crippen LogP contribution in [0.5, 0.6) is 0 Å². The Bertz CT molecular complexity index is 305. The highest BCUT2D eigenvalue weighted by molar-refractivity contribution is 5.35. The van der Waals surface area contributed by atoms with Crippen LogP contribution in [0.1, 0.15) is 17.9 Å². The molecule has 0 aliphatic carbocycles. The molecule has 0 bridgehead atoms. The topological polar surface area (TPSA) is 67.3 Å². The summed E-state index contributed by atoms with van der Waals surface area (Å²) >= 11 is 0. The second-order valence-electron chi connectivity index (χ2n) is 3.25. The van der Waals surface area contributed by atoms with Gasteiger partial charge in [-0.2, -0.15) is 0 Å². The van der Waals surface area contributed by atoms with E-state index in [-0.39, 0.29) is 6.61 Å². The van der Waals surface area contributed by atoms with Gasteiger partial charge in [-0.05, 0) is 13.3 Å². The van der Waals surface area contributed by atoms with Gasteiger partial charge in [-0.15, -0.1) is 0 Å². The molecular weight excluding hydrogens is 194 g/mol. The molecule has 5 heteroatoms. The fourth-order valence-corrected chi connectivity index (χ4v) is 1.21. The van der Waals surface area contributed by atoms with Crippen LogP contribution in [0.25, 0.3) is 0 Å². The lowest BCUT2D eigenvalue weighted by Gasteiger charge is -2.07. The van der Waals surface area contributed by atoms with Crippen LogP contribution in [0.15, 0.2) is 6.07 Å². The summed E-state index contributed by atoms with van der Waals surface area (Å²) in [5.74, 6) is 1.45. The first-order valence-electron chi connectivity index (χ1n) is 4.94. The second-order valence-corrected chi connectivity index (χ2v) is 3.25. The molecule has 0 aliphatic heterocycles. The average Bonchev–Trinajstić information content (AvgIpc) is 2.18. The predicted molar refractivity (Wildman–Crippen MR) is 57.7 cm³/mol. The molecule has 84 valence electrons. The Labute approximate surface area is 89.5 Å². The lowest BCUT2D eigenvalue weighted by atomic mass is 10.4. The maximum atomic E-state index is 8.64. The minimum Gasteiger partial charge on any atom is -0.396 e. The number of ether oxygens (including phenoxy) is 1. The van der Waals surface area contributed by atoms with Crippen molar-refractivity contribution >= 4 is 5.82 Å². The van der Waals surface area contributed by atoms with Crippen molar-refractivity contribution in [3.63, 3.8) is 0 Å². The zero-order valence-corrected chi connectivity index (χ0v) is 9.16. The number of rotatable bonds is 6. The third-order valence-electron chi connectivity index (χ3n) is 1.81. The largest absolute Gasteiger partial charge is 0.396 e. The fourth-order valence-electron chi connectivity index (χ4n) is 1.21. The van der Waals surface area contributed by atoms with Gasteiger partial charge in [-0.3, -0.25) is 0 Å². The molecule has 15 heavy (non-hydrogen) atoms. The Balaban J connectivity index is 2.62. The van der Waals surface area contributed by atoms with Gasteiger partial charge in [0.2, 0.25) is 0 Å². The van der Waals surface area contributed by atoms with Crippen molar-refractivity contribution in [2.75, 3.05) is 25.6 Å². The van der Waals surface area contributed by atoms with Crippen molar-refractivity contribution in [3.8, 4) is 0 Å². The third-order valence-corrected chi connectivity index (χ3v) is 1.81. The highest BCUT2D eigenvalue weighted by Gasteiger charge is 2.01. The van der Waals surface area contributed by atoms with Crippen molar-refractivity contribution < 1.29 is 9.84 Å². The molecule has 0 spiro atoms. The van der Waals surface area contributed by atoms with Crippen LogP contribution >= 0.6 is 0 Å². The number of nitrogens with zero attached hydrogens (tertiary/aromatic N) is 2. The molecule has 2 N–H and O–H groups in total. The van der Waals surface area contributed by atoms with Crippen LogP contribution in [-0.2, 0) is 11.3 Å². The molecule has 0 aliphatic rings. The zero-order chi connectivity index (χ0) is 11.1. The molecule has 5 nitrogen and oxygen atoms in total. The highest BCUT2D eigenvalue weighted by atomic mass is 16.5. The van der Waals surface area contributed by atoms with E-state index in [1.54, 1.807) is 7.11 Å². The summed E-state index contributed by atoms with van der Waals surface area (Å²) in [6, 6.07) is 1.87. The number of nitrogens with one attached hydrogen (secondary N) is 1. The van der Waals surface area contributed by atoms with Crippen molar-refractivity contribution in [1.82, 2.24) is 9.97 Å². The van der Waals surface area contributed by atoms with Crippen molar-refractivity contribution in [1.29, 1.82) is 0 Å². The van der Waals surface area contributed by atoms with Crippen LogP contribution in [0.3, 0.4) is 0 Å². The quantitative estimate of drug-likeness (QED) is 0.679. The molecule has 0 aromatic carbocycles. The highest BCUT2D eigenvalue weighted by Crippen LogP contribution is 2.06. The monoisotopic (exact) mass is 211 g/mol. The molecule has 0 saturated carbocycles. The minimum atomic E-state index is 0.183. The molecule has 1 rings (SSSR count). The number of aromatic nitrogens is 2. The number of aliphatic hydroxyl groups excluding tert-OH is 1. The van der Waals surface area contributed by atoms with E-state index in [2.05, 4.69) is 15.3 Å². The lowest BCUT2D eigenvalue weighted by molar-refractivity contribution is 0.177. The summed E-state index contributed by atoms with van der Waals surface area (Å²) in [7, 11) is 1.62. The normalized spacial score (nSPS) is 10.3. The maximum absolute atomic E-state index is 8.64. The van der Waals surface area contributed by atoms with Gasteiger partial charge in [0.25, 0.3) is 0 Å². The van der Waals surface area contributed by atoms with E-state index in [9.17, 15) is 0 Å². The minimum absolute atomic E-state index is 0.183. The van der Waals surface area contributed by atoms with Gasteiger partial charge in [0.1, 0.15) is 12.4 Å². The van der Waals surface area contributed by atoms with E-state index in [1.165, 1.54) is 0 Å². The standard InChI is InChI=1S/C10H17N3O2/c1-8-6-9(11-4-3-5-14)13-10(12-8)7-15-2/h6,14H,3-5,7H2,1-2H3,(H,11,12,13). The molecule has 0 atom stereocenters. The van der Waals surface area contributed by atoms with Crippen LogP contribution in [-0.4, -0.2) is 35.3 Å². The van der Waals surface area contributed by atoms with E-state index in [0.29, 0.717) is 25.4 Å². The summed E-state index contributed by atoms with van der Waals surface area (Å²) in [5.41, 5.74) is 0.906. The summed E-state index contributed by atoms with van der Waals surface area (Å²) < 4.78 is 4.97.